The summed E-state index contributed by atoms with van der Waals surface area (Å²) in [5.74, 6) is -0.731. The lowest BCUT2D eigenvalue weighted by Gasteiger charge is -2.28. The molecule has 1 N–H and O–H groups in total. The van der Waals surface area contributed by atoms with Gasteiger partial charge in [0.05, 0.1) is 5.69 Å². The molecule has 5 nitrogen and oxygen atoms in total. The highest BCUT2D eigenvalue weighted by atomic mass is 79.9. The highest BCUT2D eigenvalue weighted by molar-refractivity contribution is 9.10. The van der Waals surface area contributed by atoms with E-state index in [1.807, 2.05) is 0 Å². The van der Waals surface area contributed by atoms with E-state index in [0.29, 0.717) is 21.1 Å². The number of thiocarbonyl (C=S) groups is 1. The van der Waals surface area contributed by atoms with Gasteiger partial charge in [0.25, 0.3) is 11.8 Å². The molecule has 2 amide bonds. The van der Waals surface area contributed by atoms with Crippen LogP contribution >= 0.6 is 39.7 Å². The average Bonchev–Trinajstić information content (AvgIpc) is 2.91. The van der Waals surface area contributed by atoms with Gasteiger partial charge in [0, 0.05) is 5.02 Å². The number of rotatable bonds is 2. The van der Waals surface area contributed by atoms with E-state index in [4.69, 9.17) is 28.2 Å². The zero-order valence-electron chi connectivity index (χ0n) is 11.4. The van der Waals surface area contributed by atoms with Crippen LogP contribution in [0.25, 0.3) is 6.08 Å². The van der Waals surface area contributed by atoms with Crippen LogP contribution in [0, 0.1) is 0 Å². The number of hydrogen-bond acceptors (Lipinski definition) is 4. The van der Waals surface area contributed by atoms with E-state index in [1.165, 1.54) is 11.0 Å². The van der Waals surface area contributed by atoms with E-state index in [2.05, 4.69) is 21.2 Å². The van der Waals surface area contributed by atoms with Gasteiger partial charge in [-0.3, -0.25) is 19.8 Å². The number of carbonyl (C=O) groups excluding carboxylic acids is 2. The molecule has 0 unspecified atom stereocenters. The van der Waals surface area contributed by atoms with Gasteiger partial charge in [-0.05, 0) is 70.6 Å². The second kappa shape index (κ2) is 6.27. The monoisotopic (exact) mass is 410 g/mol. The van der Waals surface area contributed by atoms with E-state index < -0.39 is 11.8 Å². The molecule has 2 heterocycles. The molecule has 0 aliphatic carbocycles. The fourth-order valence-electron chi connectivity index (χ4n) is 2.03. The molecular formula is C15H8BrClN2O3S. The van der Waals surface area contributed by atoms with Gasteiger partial charge < -0.3 is 4.42 Å². The van der Waals surface area contributed by atoms with E-state index in [0.717, 1.165) is 0 Å². The molecule has 1 saturated heterocycles. The summed E-state index contributed by atoms with van der Waals surface area (Å²) in [5, 5.41) is 3.04. The topological polar surface area (TPSA) is 62.6 Å². The Morgan fingerprint density at radius 2 is 1.87 bits per heavy atom. The third-order valence-electron chi connectivity index (χ3n) is 3.07. The number of amides is 2. The number of nitrogens with zero attached hydrogens (tertiary/aromatic N) is 1. The van der Waals surface area contributed by atoms with E-state index in [-0.39, 0.29) is 10.7 Å². The molecule has 1 aliphatic rings. The third kappa shape index (κ3) is 3.21. The molecule has 23 heavy (non-hydrogen) atoms. The summed E-state index contributed by atoms with van der Waals surface area (Å²) in [6, 6.07) is 9.86. The van der Waals surface area contributed by atoms with Crippen molar-refractivity contribution in [2.24, 2.45) is 0 Å². The van der Waals surface area contributed by atoms with Gasteiger partial charge in [0.1, 0.15) is 11.3 Å². The lowest BCUT2D eigenvalue weighted by molar-refractivity contribution is -0.122. The lowest BCUT2D eigenvalue weighted by Crippen LogP contribution is -2.54. The minimum atomic E-state index is -0.572. The SMILES string of the molecule is O=C1NC(=S)N(c2ccc(Cl)cc2)C(=O)C1=Cc1ccc(Br)o1. The van der Waals surface area contributed by atoms with Crippen molar-refractivity contribution in [1.29, 1.82) is 0 Å². The molecule has 0 saturated carbocycles. The van der Waals surface area contributed by atoms with Crippen LogP contribution < -0.4 is 10.2 Å². The van der Waals surface area contributed by atoms with Gasteiger partial charge in [0.2, 0.25) is 0 Å². The molecular weight excluding hydrogens is 404 g/mol. The first-order valence-corrected chi connectivity index (χ1v) is 7.96. The molecule has 0 bridgehead atoms. The second-order valence-corrected chi connectivity index (χ2v) is 6.18. The van der Waals surface area contributed by atoms with E-state index in [1.54, 1.807) is 36.4 Å². The van der Waals surface area contributed by atoms with Crippen LogP contribution in [0.5, 0.6) is 0 Å². The van der Waals surface area contributed by atoms with Crippen molar-refractivity contribution in [3.8, 4) is 0 Å². The van der Waals surface area contributed by atoms with Crippen molar-refractivity contribution in [2.45, 2.75) is 0 Å². The molecule has 1 fully saturated rings. The molecule has 0 radical (unpaired) electrons. The van der Waals surface area contributed by atoms with Gasteiger partial charge in [-0.15, -0.1) is 0 Å². The van der Waals surface area contributed by atoms with Crippen molar-refractivity contribution in [1.82, 2.24) is 5.32 Å². The Bertz CT molecular complexity index is 845. The summed E-state index contributed by atoms with van der Waals surface area (Å²) >= 11 is 14.1. The smallest absolute Gasteiger partial charge is 0.270 e. The molecule has 0 atom stereocenters. The number of anilines is 1. The molecule has 1 aromatic heterocycles. The summed E-state index contributed by atoms with van der Waals surface area (Å²) in [5.41, 5.74) is 0.436. The summed E-state index contributed by atoms with van der Waals surface area (Å²) in [7, 11) is 0. The first-order valence-electron chi connectivity index (χ1n) is 6.38. The van der Waals surface area contributed by atoms with Crippen LogP contribution in [-0.4, -0.2) is 16.9 Å². The number of halogens is 2. The minimum absolute atomic E-state index is 0.0140. The molecule has 0 spiro atoms. The quantitative estimate of drug-likeness (QED) is 0.466. The highest BCUT2D eigenvalue weighted by Crippen LogP contribution is 2.24. The number of carbonyl (C=O) groups is 2. The Labute approximate surface area is 150 Å². The maximum atomic E-state index is 12.7. The third-order valence-corrected chi connectivity index (χ3v) is 4.03. The summed E-state index contributed by atoms with van der Waals surface area (Å²) < 4.78 is 5.80. The Balaban J connectivity index is 2.00. The molecule has 1 aliphatic heterocycles. The number of nitrogens with one attached hydrogen (secondary N) is 1. The van der Waals surface area contributed by atoms with Crippen molar-refractivity contribution < 1.29 is 14.0 Å². The Morgan fingerprint density at radius 1 is 1.17 bits per heavy atom. The molecule has 8 heteroatoms. The van der Waals surface area contributed by atoms with Crippen LogP contribution in [0.4, 0.5) is 5.69 Å². The molecule has 3 rings (SSSR count). The van der Waals surface area contributed by atoms with E-state index in [9.17, 15) is 9.59 Å². The zero-order chi connectivity index (χ0) is 16.6. The zero-order valence-corrected chi connectivity index (χ0v) is 14.5. The molecule has 2 aromatic rings. The highest BCUT2D eigenvalue weighted by Gasteiger charge is 2.34. The summed E-state index contributed by atoms with van der Waals surface area (Å²) in [6.45, 7) is 0. The van der Waals surface area contributed by atoms with Crippen LogP contribution in [0.15, 0.2) is 51.1 Å². The molecule has 1 aromatic carbocycles. The number of benzene rings is 1. The van der Waals surface area contributed by atoms with Crippen LogP contribution in [-0.2, 0) is 9.59 Å². The van der Waals surface area contributed by atoms with Gasteiger partial charge in [-0.25, -0.2) is 0 Å². The number of hydrogen-bond donors (Lipinski definition) is 1. The first kappa shape index (κ1) is 15.9. The maximum Gasteiger partial charge on any atom is 0.270 e. The van der Waals surface area contributed by atoms with Gasteiger partial charge in [-0.1, -0.05) is 11.6 Å². The Kier molecular flexibility index (Phi) is 4.34. The summed E-state index contributed by atoms with van der Waals surface area (Å²) in [6.07, 6.45) is 1.37. The van der Waals surface area contributed by atoms with Gasteiger partial charge in [-0.2, -0.15) is 0 Å². The standard InChI is InChI=1S/C15H8BrClN2O3S/c16-12-6-5-10(22-12)7-11-13(20)18-15(23)19(14(11)21)9-3-1-8(17)2-4-9/h1-7H,(H,18,20,23). The fraction of sp³-hybridized carbons (Fsp3) is 0. The fourth-order valence-corrected chi connectivity index (χ4v) is 2.76. The van der Waals surface area contributed by atoms with Crippen molar-refractivity contribution in [3.05, 3.63) is 57.4 Å². The summed E-state index contributed by atoms with van der Waals surface area (Å²) in [4.78, 5) is 26.0. The molecule has 116 valence electrons. The predicted molar refractivity (Wildman–Crippen MR) is 94.1 cm³/mol. The lowest BCUT2D eigenvalue weighted by atomic mass is 10.1. The van der Waals surface area contributed by atoms with Gasteiger partial charge >= 0.3 is 0 Å². The maximum absolute atomic E-state index is 12.7. The Morgan fingerprint density at radius 3 is 2.48 bits per heavy atom. The van der Waals surface area contributed by atoms with Gasteiger partial charge in [0.15, 0.2) is 9.78 Å². The van der Waals surface area contributed by atoms with Crippen LogP contribution in [0.2, 0.25) is 5.02 Å². The number of furan rings is 1. The normalized spacial score (nSPS) is 16.9. The van der Waals surface area contributed by atoms with Crippen molar-refractivity contribution in [3.63, 3.8) is 0 Å². The minimum Gasteiger partial charge on any atom is -0.450 e. The van der Waals surface area contributed by atoms with Crippen molar-refractivity contribution in [2.75, 3.05) is 4.90 Å². The largest absolute Gasteiger partial charge is 0.450 e. The second-order valence-electron chi connectivity index (χ2n) is 4.58. The van der Waals surface area contributed by atoms with Crippen molar-refractivity contribution >= 4 is 68.4 Å². The van der Waals surface area contributed by atoms with Crippen LogP contribution in [0.1, 0.15) is 5.76 Å². The first-order chi connectivity index (χ1) is 11.0. The predicted octanol–water partition coefficient (Wildman–Crippen LogP) is 3.53. The average molecular weight is 412 g/mol. The Hall–Kier alpha value is -1.96. The van der Waals surface area contributed by atoms with Crippen LogP contribution in [0.3, 0.4) is 0 Å². The van der Waals surface area contributed by atoms with E-state index >= 15 is 0 Å².